The lowest BCUT2D eigenvalue weighted by atomic mass is 10.1. The number of phenols is 2. The van der Waals surface area contributed by atoms with Crippen molar-refractivity contribution in [1.29, 1.82) is 0 Å². The van der Waals surface area contributed by atoms with Gasteiger partial charge < -0.3 is 10.2 Å². The van der Waals surface area contributed by atoms with E-state index in [0.29, 0.717) is 11.5 Å². The van der Waals surface area contributed by atoms with Crippen LogP contribution >= 0.6 is 90.4 Å². The van der Waals surface area contributed by atoms with Gasteiger partial charge in [-0.1, -0.05) is 24.3 Å². The van der Waals surface area contributed by atoms with E-state index in [1.54, 1.807) is 0 Å². The van der Waals surface area contributed by atoms with E-state index >= 15 is 0 Å². The van der Waals surface area contributed by atoms with E-state index in [9.17, 15) is 10.2 Å². The predicted molar refractivity (Wildman–Crippen MR) is 173 cm³/mol. The summed E-state index contributed by atoms with van der Waals surface area (Å²) in [5, 5.41) is 19.8. The van der Waals surface area contributed by atoms with Gasteiger partial charge in [-0.05, 0) is 161 Å². The van der Waals surface area contributed by atoms with Crippen molar-refractivity contribution in [2.45, 2.75) is 0 Å². The summed E-state index contributed by atoms with van der Waals surface area (Å²) >= 11 is 8.48. The first-order chi connectivity index (χ1) is 16.3. The molecule has 0 aromatic heterocycles. The van der Waals surface area contributed by atoms with E-state index in [1.165, 1.54) is 0 Å². The van der Waals surface area contributed by atoms with Crippen molar-refractivity contribution >= 4 is 114 Å². The van der Waals surface area contributed by atoms with Crippen molar-refractivity contribution in [3.63, 3.8) is 0 Å². The first-order valence-corrected chi connectivity index (χ1v) is 14.3. The van der Waals surface area contributed by atoms with E-state index in [1.807, 2.05) is 61.0 Å². The molecule has 8 heteroatoms. The maximum atomic E-state index is 9.91. The van der Waals surface area contributed by atoms with E-state index < -0.39 is 0 Å². The lowest BCUT2D eigenvalue weighted by Gasteiger charge is -2.04. The molecule has 0 spiro atoms. The zero-order valence-electron chi connectivity index (χ0n) is 17.4. The van der Waals surface area contributed by atoms with Gasteiger partial charge in [-0.15, -0.1) is 0 Å². The van der Waals surface area contributed by atoms with Crippen molar-refractivity contribution in [2.75, 3.05) is 0 Å². The summed E-state index contributed by atoms with van der Waals surface area (Å²) < 4.78 is 3.23. The zero-order valence-corrected chi connectivity index (χ0v) is 26.0. The lowest BCUT2D eigenvalue weighted by molar-refractivity contribution is 0.467. The number of aliphatic imine (C=N–C) groups is 2. The molecule has 34 heavy (non-hydrogen) atoms. The van der Waals surface area contributed by atoms with Crippen LogP contribution in [0, 0.1) is 14.3 Å². The summed E-state index contributed by atoms with van der Waals surface area (Å²) in [6, 6.07) is 23.8. The molecule has 0 fully saturated rings. The fourth-order valence-electron chi connectivity index (χ4n) is 3.10. The highest BCUT2D eigenvalue weighted by Crippen LogP contribution is 2.29. The molecule has 0 aliphatic heterocycles. The van der Waals surface area contributed by atoms with Crippen LogP contribution in [0.3, 0.4) is 0 Å². The Morgan fingerprint density at radius 3 is 1.09 bits per heavy atom. The second-order valence-corrected chi connectivity index (χ2v) is 11.9. The molecule has 0 aliphatic carbocycles. The molecule has 0 aliphatic rings. The van der Waals surface area contributed by atoms with Crippen LogP contribution in [0.4, 0.5) is 11.4 Å². The Labute approximate surface area is 252 Å². The van der Waals surface area contributed by atoms with Crippen LogP contribution in [-0.4, -0.2) is 22.6 Å². The largest absolute Gasteiger partial charge is 0.506 e. The molecular weight excluding hydrogens is 880 g/mol. The third-order valence-corrected chi connectivity index (χ3v) is 8.16. The highest BCUT2D eigenvalue weighted by molar-refractivity contribution is 14.1. The summed E-state index contributed by atoms with van der Waals surface area (Å²) in [7, 11) is 0. The molecule has 0 bridgehead atoms. The molecule has 4 rings (SSSR count). The van der Waals surface area contributed by atoms with Gasteiger partial charge in [0.2, 0.25) is 0 Å². The molecule has 0 heterocycles. The monoisotopic (exact) mass is 896 g/mol. The van der Waals surface area contributed by atoms with Crippen molar-refractivity contribution in [3.05, 3.63) is 98.2 Å². The van der Waals surface area contributed by atoms with Crippen LogP contribution < -0.4 is 0 Å². The summed E-state index contributed by atoms with van der Waals surface area (Å²) in [5.41, 5.74) is 5.83. The van der Waals surface area contributed by atoms with E-state index in [0.717, 1.165) is 47.9 Å². The standard InChI is InChI=1S/C26H16I4N2O2/c27-21-9-15(10-22(28)25(21)33)13-31-19-5-1-17(2-6-19)18-3-7-20(8-4-18)32-14-16-11-23(29)26(34)24(30)12-16/h1-14,33-34H. The average molecular weight is 896 g/mol. The van der Waals surface area contributed by atoms with Crippen LogP contribution in [-0.2, 0) is 0 Å². The Morgan fingerprint density at radius 2 is 0.794 bits per heavy atom. The Morgan fingerprint density at radius 1 is 0.500 bits per heavy atom. The molecule has 170 valence electrons. The quantitative estimate of drug-likeness (QED) is 0.156. The zero-order chi connectivity index (χ0) is 24.2. The van der Waals surface area contributed by atoms with Gasteiger partial charge in [-0.3, -0.25) is 9.98 Å². The van der Waals surface area contributed by atoms with E-state index in [2.05, 4.69) is 125 Å². The van der Waals surface area contributed by atoms with Crippen molar-refractivity contribution in [1.82, 2.24) is 0 Å². The van der Waals surface area contributed by atoms with Crippen molar-refractivity contribution in [3.8, 4) is 22.6 Å². The molecule has 0 atom stereocenters. The van der Waals surface area contributed by atoms with Crippen molar-refractivity contribution in [2.24, 2.45) is 9.98 Å². The number of nitrogens with zero attached hydrogens (tertiary/aromatic N) is 2. The summed E-state index contributed by atoms with van der Waals surface area (Å²) in [4.78, 5) is 9.12. The number of phenolic OH excluding ortho intramolecular Hbond substituents is 2. The number of benzene rings is 4. The van der Waals surface area contributed by atoms with Crippen LogP contribution in [0.5, 0.6) is 11.5 Å². The minimum Gasteiger partial charge on any atom is -0.506 e. The number of halogens is 4. The van der Waals surface area contributed by atoms with Gasteiger partial charge in [-0.2, -0.15) is 0 Å². The second kappa shape index (κ2) is 11.6. The molecular formula is C26H16I4N2O2. The van der Waals surface area contributed by atoms with Crippen LogP contribution in [0.15, 0.2) is 82.8 Å². The minimum atomic E-state index is 0.310. The Bertz CT molecular complexity index is 1240. The summed E-state index contributed by atoms with van der Waals surface area (Å²) in [5.74, 6) is 0.619. The normalized spacial score (nSPS) is 11.5. The first kappa shape index (κ1) is 25.8. The third-order valence-electron chi connectivity index (χ3n) is 4.87. The maximum absolute atomic E-state index is 9.91. The predicted octanol–water partition coefficient (Wildman–Crippen LogP) is 8.68. The fraction of sp³-hybridized carbons (Fsp3) is 0. The minimum absolute atomic E-state index is 0.310. The van der Waals surface area contributed by atoms with Gasteiger partial charge >= 0.3 is 0 Å². The Hall–Kier alpha value is -1.26. The highest BCUT2D eigenvalue weighted by atomic mass is 127. The van der Waals surface area contributed by atoms with Gasteiger partial charge in [-0.25, -0.2) is 0 Å². The number of hydrogen-bond donors (Lipinski definition) is 2. The smallest absolute Gasteiger partial charge is 0.142 e. The molecule has 0 amide bonds. The van der Waals surface area contributed by atoms with Gasteiger partial charge in [0.25, 0.3) is 0 Å². The van der Waals surface area contributed by atoms with Crippen LogP contribution in [0.1, 0.15) is 11.1 Å². The first-order valence-electron chi connectivity index (χ1n) is 9.95. The number of rotatable bonds is 5. The topological polar surface area (TPSA) is 65.2 Å². The third kappa shape index (κ3) is 6.49. The molecule has 0 saturated heterocycles. The average Bonchev–Trinajstić information content (AvgIpc) is 2.83. The molecule has 2 N–H and O–H groups in total. The van der Waals surface area contributed by atoms with Gasteiger partial charge in [0.15, 0.2) is 0 Å². The van der Waals surface area contributed by atoms with Gasteiger partial charge in [0, 0.05) is 12.4 Å². The number of aromatic hydroxyl groups is 2. The molecule has 0 radical (unpaired) electrons. The number of hydrogen-bond acceptors (Lipinski definition) is 4. The van der Waals surface area contributed by atoms with Crippen molar-refractivity contribution < 1.29 is 10.2 Å². The lowest BCUT2D eigenvalue weighted by Crippen LogP contribution is -1.87. The molecule has 4 nitrogen and oxygen atoms in total. The van der Waals surface area contributed by atoms with E-state index in [4.69, 9.17) is 0 Å². The van der Waals surface area contributed by atoms with Crippen LogP contribution in [0.25, 0.3) is 11.1 Å². The second-order valence-electron chi connectivity index (χ2n) is 7.28. The summed E-state index contributed by atoms with van der Waals surface area (Å²) in [6.45, 7) is 0. The van der Waals surface area contributed by atoms with Gasteiger partial charge in [0.05, 0.1) is 25.7 Å². The Balaban J connectivity index is 1.45. The maximum Gasteiger partial charge on any atom is 0.142 e. The summed E-state index contributed by atoms with van der Waals surface area (Å²) in [6.07, 6.45) is 3.61. The molecule has 4 aromatic carbocycles. The fourth-order valence-corrected chi connectivity index (χ4v) is 6.73. The molecule has 4 aromatic rings. The highest BCUT2D eigenvalue weighted by Gasteiger charge is 2.06. The Kier molecular flexibility index (Phi) is 8.85. The van der Waals surface area contributed by atoms with E-state index in [-0.39, 0.29) is 0 Å². The molecule has 0 saturated carbocycles. The van der Waals surface area contributed by atoms with Gasteiger partial charge in [0.1, 0.15) is 11.5 Å². The molecule has 0 unspecified atom stereocenters. The van der Waals surface area contributed by atoms with Crippen LogP contribution in [0.2, 0.25) is 0 Å². The SMILES string of the molecule is Oc1c(I)cc(C=Nc2ccc(-c3ccc(N=Cc4cc(I)c(O)c(I)c4)cc3)cc2)cc1I.